The van der Waals surface area contributed by atoms with Gasteiger partial charge in [0, 0.05) is 12.1 Å². The van der Waals surface area contributed by atoms with Gasteiger partial charge in [0.25, 0.3) is 0 Å². The lowest BCUT2D eigenvalue weighted by Crippen LogP contribution is -2.06. The average Bonchev–Trinajstić information content (AvgIpc) is 3.04. The minimum atomic E-state index is -0.516. The molecule has 18 heavy (non-hydrogen) atoms. The van der Waals surface area contributed by atoms with Crippen LogP contribution in [0.4, 0.5) is 10.1 Å². The largest absolute Gasteiger partial charge is 0.488 e. The van der Waals surface area contributed by atoms with E-state index in [1.54, 1.807) is 12.3 Å². The summed E-state index contributed by atoms with van der Waals surface area (Å²) in [4.78, 5) is 1.36. The monoisotopic (exact) mass is 248 g/mol. The van der Waals surface area contributed by atoms with Gasteiger partial charge in [-0.1, -0.05) is 0 Å². The van der Waals surface area contributed by atoms with Gasteiger partial charge in [0.1, 0.15) is 11.4 Å². The first-order valence-corrected chi connectivity index (χ1v) is 5.78. The molecule has 1 aliphatic carbocycles. The number of nitrogens with zero attached hydrogens (tertiary/aromatic N) is 3. The Bertz CT molecular complexity index is 592. The van der Waals surface area contributed by atoms with Crippen molar-refractivity contribution in [2.24, 2.45) is 0 Å². The summed E-state index contributed by atoms with van der Waals surface area (Å²) in [5.74, 6) is -0.152. The number of benzene rings is 1. The quantitative estimate of drug-likeness (QED) is 0.842. The molecule has 1 heterocycles. The molecule has 1 fully saturated rings. The maximum Gasteiger partial charge on any atom is 0.152 e. The van der Waals surface area contributed by atoms with Crippen LogP contribution in [0.2, 0.25) is 0 Å². The predicted molar refractivity (Wildman–Crippen MR) is 64.1 cm³/mol. The van der Waals surface area contributed by atoms with E-state index in [-0.39, 0.29) is 11.8 Å². The summed E-state index contributed by atoms with van der Waals surface area (Å²) < 4.78 is 19.3. The van der Waals surface area contributed by atoms with E-state index in [0.29, 0.717) is 11.4 Å². The van der Waals surface area contributed by atoms with E-state index in [9.17, 15) is 4.39 Å². The van der Waals surface area contributed by atoms with Gasteiger partial charge >= 0.3 is 0 Å². The van der Waals surface area contributed by atoms with E-state index >= 15 is 0 Å². The van der Waals surface area contributed by atoms with E-state index in [1.807, 2.05) is 6.92 Å². The summed E-state index contributed by atoms with van der Waals surface area (Å²) in [6.07, 6.45) is 3.75. The van der Waals surface area contributed by atoms with Gasteiger partial charge in [-0.25, -0.2) is 4.39 Å². The molecule has 0 bridgehead atoms. The highest BCUT2D eigenvalue weighted by atomic mass is 19.1. The normalized spacial score (nSPS) is 14.8. The molecule has 2 N–H and O–H groups in total. The molecule has 0 radical (unpaired) electrons. The lowest BCUT2D eigenvalue weighted by molar-refractivity contribution is 0.303. The van der Waals surface area contributed by atoms with Gasteiger partial charge in [0.05, 0.1) is 23.7 Å². The Morgan fingerprint density at radius 2 is 2.22 bits per heavy atom. The topological polar surface area (TPSA) is 66.0 Å². The predicted octanol–water partition coefficient (Wildman–Crippen LogP) is 1.84. The number of aryl methyl sites for hydroxylation is 1. The SMILES string of the molecule is Cc1cnn(-c2cc(F)c(N)c(OC3CC3)c2)n1. The van der Waals surface area contributed by atoms with Crippen molar-refractivity contribution in [3.63, 3.8) is 0 Å². The lowest BCUT2D eigenvalue weighted by atomic mass is 10.2. The van der Waals surface area contributed by atoms with E-state index in [0.717, 1.165) is 18.5 Å². The van der Waals surface area contributed by atoms with Gasteiger partial charge in [-0.2, -0.15) is 15.0 Å². The Kier molecular flexibility index (Phi) is 2.43. The van der Waals surface area contributed by atoms with Crippen molar-refractivity contribution in [3.8, 4) is 11.4 Å². The highest BCUT2D eigenvalue weighted by Crippen LogP contribution is 2.33. The van der Waals surface area contributed by atoms with Crippen LogP contribution in [-0.4, -0.2) is 21.1 Å². The van der Waals surface area contributed by atoms with Gasteiger partial charge in [-0.15, -0.1) is 0 Å². The molecule has 1 aliphatic rings. The Morgan fingerprint density at radius 1 is 1.44 bits per heavy atom. The molecule has 0 saturated heterocycles. The summed E-state index contributed by atoms with van der Waals surface area (Å²) in [6.45, 7) is 1.82. The number of halogens is 1. The third-order valence-corrected chi connectivity index (χ3v) is 2.73. The Hall–Kier alpha value is -2.11. The third-order valence-electron chi connectivity index (χ3n) is 2.73. The smallest absolute Gasteiger partial charge is 0.152 e. The fourth-order valence-corrected chi connectivity index (χ4v) is 1.62. The maximum absolute atomic E-state index is 13.7. The molecule has 2 aromatic rings. The number of aromatic nitrogens is 3. The van der Waals surface area contributed by atoms with Crippen molar-refractivity contribution >= 4 is 5.69 Å². The first-order valence-electron chi connectivity index (χ1n) is 5.78. The van der Waals surface area contributed by atoms with Gasteiger partial charge in [-0.05, 0) is 19.8 Å². The highest BCUT2D eigenvalue weighted by molar-refractivity contribution is 5.58. The fraction of sp³-hybridized carbons (Fsp3) is 0.333. The molecule has 1 aromatic heterocycles. The molecular weight excluding hydrogens is 235 g/mol. The summed E-state index contributed by atoms with van der Waals surface area (Å²) >= 11 is 0. The second kappa shape index (κ2) is 3.97. The summed E-state index contributed by atoms with van der Waals surface area (Å²) in [6, 6.07) is 2.96. The van der Waals surface area contributed by atoms with Crippen LogP contribution in [0.15, 0.2) is 18.3 Å². The van der Waals surface area contributed by atoms with Crippen molar-refractivity contribution < 1.29 is 9.13 Å². The Morgan fingerprint density at radius 3 is 2.83 bits per heavy atom. The van der Waals surface area contributed by atoms with Crippen LogP contribution in [0.25, 0.3) is 5.69 Å². The van der Waals surface area contributed by atoms with Crippen LogP contribution >= 0.6 is 0 Å². The van der Waals surface area contributed by atoms with Crippen LogP contribution in [0.5, 0.6) is 5.75 Å². The van der Waals surface area contributed by atoms with Crippen LogP contribution in [0.3, 0.4) is 0 Å². The molecule has 0 aliphatic heterocycles. The van der Waals surface area contributed by atoms with E-state index < -0.39 is 5.82 Å². The zero-order valence-electron chi connectivity index (χ0n) is 9.93. The van der Waals surface area contributed by atoms with Crippen LogP contribution in [0, 0.1) is 12.7 Å². The van der Waals surface area contributed by atoms with E-state index in [4.69, 9.17) is 10.5 Å². The number of hydrogen-bond acceptors (Lipinski definition) is 4. The second-order valence-electron chi connectivity index (χ2n) is 4.43. The highest BCUT2D eigenvalue weighted by Gasteiger charge is 2.25. The average molecular weight is 248 g/mol. The molecule has 1 saturated carbocycles. The third kappa shape index (κ3) is 2.01. The molecule has 5 nitrogen and oxygen atoms in total. The molecular formula is C12H13FN4O. The van der Waals surface area contributed by atoms with Crippen LogP contribution < -0.4 is 10.5 Å². The molecule has 0 atom stereocenters. The van der Waals surface area contributed by atoms with Gasteiger partial charge in [0.15, 0.2) is 5.82 Å². The fourth-order valence-electron chi connectivity index (χ4n) is 1.62. The van der Waals surface area contributed by atoms with Crippen molar-refractivity contribution in [2.75, 3.05) is 5.73 Å². The van der Waals surface area contributed by atoms with Gasteiger partial charge in [-0.3, -0.25) is 0 Å². The first-order chi connectivity index (χ1) is 8.63. The molecule has 0 unspecified atom stereocenters. The molecule has 94 valence electrons. The van der Waals surface area contributed by atoms with Gasteiger partial charge < -0.3 is 10.5 Å². The van der Waals surface area contributed by atoms with Crippen molar-refractivity contribution in [1.82, 2.24) is 15.0 Å². The van der Waals surface area contributed by atoms with Crippen molar-refractivity contribution in [1.29, 1.82) is 0 Å². The van der Waals surface area contributed by atoms with E-state index in [2.05, 4.69) is 10.2 Å². The molecule has 6 heteroatoms. The second-order valence-corrected chi connectivity index (χ2v) is 4.43. The van der Waals surface area contributed by atoms with Gasteiger partial charge in [0.2, 0.25) is 0 Å². The summed E-state index contributed by atoms with van der Waals surface area (Å²) in [5, 5.41) is 8.17. The Balaban J connectivity index is 2.01. The Labute approximate surface area is 103 Å². The number of anilines is 1. The number of ether oxygens (including phenoxy) is 1. The number of nitrogen functional groups attached to an aromatic ring is 1. The van der Waals surface area contributed by atoms with Crippen molar-refractivity contribution in [2.45, 2.75) is 25.9 Å². The van der Waals surface area contributed by atoms with Crippen LogP contribution in [0.1, 0.15) is 18.5 Å². The standard InChI is InChI=1S/C12H13FN4O/c1-7-6-15-17(16-7)8-4-10(13)12(14)11(5-8)18-9-2-3-9/h4-6,9H,2-3,14H2,1H3. The zero-order chi connectivity index (χ0) is 12.7. The lowest BCUT2D eigenvalue weighted by Gasteiger charge is -2.10. The maximum atomic E-state index is 13.7. The zero-order valence-corrected chi connectivity index (χ0v) is 9.93. The minimum Gasteiger partial charge on any atom is -0.488 e. The molecule has 3 rings (SSSR count). The molecule has 0 amide bonds. The summed E-state index contributed by atoms with van der Waals surface area (Å²) in [7, 11) is 0. The van der Waals surface area contributed by atoms with Crippen LogP contribution in [-0.2, 0) is 0 Å². The molecule has 0 spiro atoms. The number of rotatable bonds is 3. The molecule has 1 aromatic carbocycles. The summed E-state index contributed by atoms with van der Waals surface area (Å²) in [5.41, 5.74) is 6.96. The number of hydrogen-bond donors (Lipinski definition) is 1. The number of nitrogens with two attached hydrogens (primary N) is 1. The van der Waals surface area contributed by atoms with Crippen molar-refractivity contribution in [3.05, 3.63) is 29.8 Å². The minimum absolute atomic E-state index is 0.0366. The first kappa shape index (κ1) is 11.0. The van der Waals surface area contributed by atoms with E-state index in [1.165, 1.54) is 10.9 Å².